The van der Waals surface area contributed by atoms with Gasteiger partial charge < -0.3 is 5.11 Å². The van der Waals surface area contributed by atoms with Gasteiger partial charge in [-0.3, -0.25) is 4.79 Å². The summed E-state index contributed by atoms with van der Waals surface area (Å²) in [5, 5.41) is 11.0. The van der Waals surface area contributed by atoms with E-state index in [-0.39, 0.29) is 34.3 Å². The summed E-state index contributed by atoms with van der Waals surface area (Å²) in [6.45, 7) is 8.71. The largest absolute Gasteiger partial charge is 0.390 e. The van der Waals surface area contributed by atoms with Crippen molar-refractivity contribution in [1.29, 1.82) is 0 Å². The molecule has 4 aliphatic rings. The molecular weight excluding hydrogens is 456 g/mol. The molecule has 0 bridgehead atoms. The highest BCUT2D eigenvalue weighted by Crippen LogP contribution is 2.66. The minimum Gasteiger partial charge on any atom is -0.390 e. The second kappa shape index (κ2) is 8.55. The molecule has 0 aromatic heterocycles. The number of hydrogen-bond acceptors (Lipinski definition) is 4. The van der Waals surface area contributed by atoms with Gasteiger partial charge in [0.05, 0.1) is 16.2 Å². The number of rotatable bonds is 5. The van der Waals surface area contributed by atoms with Crippen molar-refractivity contribution in [2.45, 2.75) is 89.6 Å². The first kappa shape index (κ1) is 25.2. The van der Waals surface area contributed by atoms with Crippen molar-refractivity contribution in [3.8, 4) is 0 Å². The fourth-order valence-corrected chi connectivity index (χ4v) is 10.7. The van der Waals surface area contributed by atoms with E-state index >= 15 is 0 Å². The number of ketones is 1. The van der Waals surface area contributed by atoms with Crippen LogP contribution in [0.3, 0.4) is 0 Å². The summed E-state index contributed by atoms with van der Waals surface area (Å²) in [6, 6.07) is 8.78. The Balaban J connectivity index is 1.40. The molecule has 3 fully saturated rings. The van der Waals surface area contributed by atoms with E-state index in [0.717, 1.165) is 38.5 Å². The third-order valence-corrected chi connectivity index (χ3v) is 12.9. The number of Topliss-reactive ketones (excluding diaryl/α,β-unsaturated/α-hetero) is 1. The summed E-state index contributed by atoms with van der Waals surface area (Å²) in [5.74, 6) is 1.62. The van der Waals surface area contributed by atoms with Gasteiger partial charge in [0.15, 0.2) is 9.84 Å². The van der Waals surface area contributed by atoms with Crippen molar-refractivity contribution in [2.24, 2.45) is 40.4 Å². The molecule has 0 heterocycles. The van der Waals surface area contributed by atoms with Crippen LogP contribution in [0.2, 0.25) is 0 Å². The zero-order chi connectivity index (χ0) is 25.2. The normalized spacial score (nSPS) is 42.0. The van der Waals surface area contributed by atoms with Crippen molar-refractivity contribution < 1.29 is 18.3 Å². The second-order valence-electron chi connectivity index (χ2n) is 12.8. The van der Waals surface area contributed by atoms with E-state index in [1.807, 2.05) is 6.07 Å². The van der Waals surface area contributed by atoms with Crippen molar-refractivity contribution in [3.63, 3.8) is 0 Å². The Morgan fingerprint density at radius 3 is 2.49 bits per heavy atom. The molecule has 8 atom stereocenters. The highest BCUT2D eigenvalue weighted by molar-refractivity contribution is 7.91. The maximum atomic E-state index is 13.9. The van der Waals surface area contributed by atoms with E-state index in [1.54, 1.807) is 24.3 Å². The fraction of sp³-hybridized carbons (Fsp3) is 0.700. The lowest BCUT2D eigenvalue weighted by Crippen LogP contribution is -2.56. The number of allylic oxidation sites excluding steroid dienone is 1. The van der Waals surface area contributed by atoms with Crippen LogP contribution < -0.4 is 0 Å². The van der Waals surface area contributed by atoms with E-state index in [9.17, 15) is 18.3 Å². The zero-order valence-corrected chi connectivity index (χ0v) is 22.6. The minimum atomic E-state index is -3.36. The Kier molecular flexibility index (Phi) is 6.15. The molecule has 5 heteroatoms. The molecule has 0 radical (unpaired) electrons. The summed E-state index contributed by atoms with van der Waals surface area (Å²) in [7, 11) is -3.36. The maximum Gasteiger partial charge on any atom is 0.178 e. The van der Waals surface area contributed by atoms with Crippen LogP contribution in [0.4, 0.5) is 0 Å². The first-order chi connectivity index (χ1) is 16.4. The summed E-state index contributed by atoms with van der Waals surface area (Å²) < 4.78 is 26.3. The van der Waals surface area contributed by atoms with Crippen LogP contribution in [0.15, 0.2) is 46.9 Å². The Labute approximate surface area is 211 Å². The average Bonchev–Trinajstić information content (AvgIpc) is 3.16. The maximum absolute atomic E-state index is 13.9. The number of carbonyl (C=O) groups is 1. The van der Waals surface area contributed by atoms with Crippen molar-refractivity contribution in [3.05, 3.63) is 42.0 Å². The Morgan fingerprint density at radius 2 is 1.80 bits per heavy atom. The van der Waals surface area contributed by atoms with Crippen LogP contribution in [0.25, 0.3) is 0 Å². The molecule has 35 heavy (non-hydrogen) atoms. The lowest BCUT2D eigenvalue weighted by molar-refractivity contribution is -0.147. The van der Waals surface area contributed by atoms with Crippen molar-refractivity contribution in [2.75, 3.05) is 5.75 Å². The standard InChI is InChI=1S/C30H42O4S/c1-5-30(32)16-15-28(3)21(17-30)11-12-23-25-14-13-24(29(25,4)18-26(31)27(23)28)20(2)19-35(33,34)22-9-7-6-8-10-22/h6-11,20,23-25,27,32H,5,12-19H2,1-4H3/t20-,23+,24-,25+,27-,28+,29-,30+/m1/s1. The van der Waals surface area contributed by atoms with Crippen molar-refractivity contribution >= 4 is 15.6 Å². The van der Waals surface area contributed by atoms with Crippen LogP contribution in [0.5, 0.6) is 0 Å². The van der Waals surface area contributed by atoms with Gasteiger partial charge in [0.25, 0.3) is 0 Å². The smallest absolute Gasteiger partial charge is 0.178 e. The molecule has 0 unspecified atom stereocenters. The van der Waals surface area contributed by atoms with Crippen molar-refractivity contribution in [1.82, 2.24) is 0 Å². The molecule has 4 nitrogen and oxygen atoms in total. The van der Waals surface area contributed by atoms with E-state index in [0.29, 0.717) is 35.4 Å². The first-order valence-corrected chi connectivity index (χ1v) is 15.3. The molecule has 0 spiro atoms. The molecule has 0 amide bonds. The molecule has 5 rings (SSSR count). The molecular formula is C30H42O4S. The number of hydrogen-bond donors (Lipinski definition) is 1. The van der Waals surface area contributed by atoms with Gasteiger partial charge >= 0.3 is 0 Å². The van der Waals surface area contributed by atoms with Crippen LogP contribution >= 0.6 is 0 Å². The summed E-state index contributed by atoms with van der Waals surface area (Å²) in [6.07, 6.45) is 9.07. The molecule has 3 saturated carbocycles. The number of benzene rings is 1. The molecule has 4 aliphatic carbocycles. The number of sulfone groups is 1. The second-order valence-corrected chi connectivity index (χ2v) is 14.8. The minimum absolute atomic E-state index is 0.0130. The summed E-state index contributed by atoms with van der Waals surface area (Å²) >= 11 is 0. The average molecular weight is 499 g/mol. The van der Waals surface area contributed by atoms with Gasteiger partial charge in [-0.25, -0.2) is 8.42 Å². The van der Waals surface area contributed by atoms with Crippen LogP contribution in [-0.4, -0.2) is 30.7 Å². The van der Waals surface area contributed by atoms with E-state index in [1.165, 1.54) is 5.57 Å². The fourth-order valence-electron chi connectivity index (χ4n) is 9.00. The molecule has 1 aromatic rings. The molecule has 1 aromatic carbocycles. The predicted molar refractivity (Wildman–Crippen MR) is 138 cm³/mol. The van der Waals surface area contributed by atoms with Crippen LogP contribution in [-0.2, 0) is 14.6 Å². The summed E-state index contributed by atoms with van der Waals surface area (Å²) in [5.41, 5.74) is 0.416. The molecule has 1 N–H and O–H groups in total. The van der Waals surface area contributed by atoms with Gasteiger partial charge in [-0.2, -0.15) is 0 Å². The molecule has 0 aliphatic heterocycles. The lowest BCUT2D eigenvalue weighted by Gasteiger charge is -2.58. The van der Waals surface area contributed by atoms with Crippen LogP contribution in [0.1, 0.15) is 79.1 Å². The molecule has 192 valence electrons. The molecule has 0 saturated heterocycles. The Bertz CT molecular complexity index is 1120. The lowest BCUT2D eigenvalue weighted by atomic mass is 9.46. The SMILES string of the molecule is CC[C@]1(O)CC[C@@]2(C)C(=CC[C@H]3[C@@H]4CC[C@H]([C@H](C)CS(=O)(=O)c5ccccc5)[C@@]4(C)CC(=O)[C@@H]32)C1. The number of aliphatic hydroxyl groups is 1. The highest BCUT2D eigenvalue weighted by atomic mass is 32.2. The quantitative estimate of drug-likeness (QED) is 0.506. The monoisotopic (exact) mass is 498 g/mol. The van der Waals surface area contributed by atoms with E-state index in [4.69, 9.17) is 0 Å². The number of fused-ring (bicyclic) bond motifs is 5. The Hall–Kier alpha value is -1.46. The predicted octanol–water partition coefficient (Wildman–Crippen LogP) is 6.00. The topological polar surface area (TPSA) is 71.4 Å². The first-order valence-electron chi connectivity index (χ1n) is 13.7. The zero-order valence-electron chi connectivity index (χ0n) is 21.8. The van der Waals surface area contributed by atoms with Gasteiger partial charge in [-0.1, -0.05) is 57.5 Å². The summed E-state index contributed by atoms with van der Waals surface area (Å²) in [4.78, 5) is 14.3. The van der Waals surface area contributed by atoms with Gasteiger partial charge in [-0.15, -0.1) is 0 Å². The Morgan fingerprint density at radius 1 is 1.09 bits per heavy atom. The van der Waals surface area contributed by atoms with Gasteiger partial charge in [0, 0.05) is 12.3 Å². The number of carbonyl (C=O) groups excluding carboxylic acids is 1. The third-order valence-electron chi connectivity index (χ3n) is 10.9. The van der Waals surface area contributed by atoms with Crippen LogP contribution in [0, 0.1) is 40.4 Å². The van der Waals surface area contributed by atoms with E-state index < -0.39 is 15.4 Å². The van der Waals surface area contributed by atoms with E-state index in [2.05, 4.69) is 33.8 Å². The highest BCUT2D eigenvalue weighted by Gasteiger charge is 2.63. The van der Waals surface area contributed by atoms with Gasteiger partial charge in [0.2, 0.25) is 0 Å². The van der Waals surface area contributed by atoms with Gasteiger partial charge in [0.1, 0.15) is 5.78 Å². The van der Waals surface area contributed by atoms with Gasteiger partial charge in [-0.05, 0) is 91.6 Å². The third kappa shape index (κ3) is 3.96.